The van der Waals surface area contributed by atoms with Gasteiger partial charge in [-0.25, -0.2) is 4.79 Å². The second-order valence-corrected chi connectivity index (χ2v) is 3.16. The molecule has 0 aliphatic heterocycles. The van der Waals surface area contributed by atoms with Crippen LogP contribution in [0, 0.1) is 6.92 Å². The molecule has 0 aromatic heterocycles. The van der Waals surface area contributed by atoms with Crippen molar-refractivity contribution in [3.63, 3.8) is 0 Å². The molecule has 0 fully saturated rings. The van der Waals surface area contributed by atoms with Crippen molar-refractivity contribution < 1.29 is 14.6 Å². The number of ether oxygens (including phenoxy) is 1. The highest BCUT2D eigenvalue weighted by Crippen LogP contribution is 2.09. The monoisotopic (exact) mass is 206 g/mol. The third-order valence-electron chi connectivity index (χ3n) is 1.89. The third-order valence-corrected chi connectivity index (χ3v) is 1.89. The SMILES string of the molecule is CCOC(=Cc1ccc(C)cc1)C(=O)O. The van der Waals surface area contributed by atoms with Gasteiger partial charge >= 0.3 is 5.97 Å². The van der Waals surface area contributed by atoms with Crippen molar-refractivity contribution in [2.24, 2.45) is 0 Å². The van der Waals surface area contributed by atoms with Crippen LogP contribution < -0.4 is 0 Å². The smallest absolute Gasteiger partial charge is 0.371 e. The number of carbonyl (C=O) groups is 1. The normalized spacial score (nSPS) is 11.2. The highest BCUT2D eigenvalue weighted by molar-refractivity contribution is 5.89. The highest BCUT2D eigenvalue weighted by atomic mass is 16.5. The van der Waals surface area contributed by atoms with Crippen LogP contribution in [-0.4, -0.2) is 17.7 Å². The largest absolute Gasteiger partial charge is 0.487 e. The Morgan fingerprint density at radius 3 is 2.47 bits per heavy atom. The number of aryl methyl sites for hydroxylation is 1. The van der Waals surface area contributed by atoms with Crippen molar-refractivity contribution in [2.45, 2.75) is 13.8 Å². The van der Waals surface area contributed by atoms with E-state index in [1.54, 1.807) is 6.92 Å². The number of aliphatic carboxylic acids is 1. The second-order valence-electron chi connectivity index (χ2n) is 3.16. The van der Waals surface area contributed by atoms with Gasteiger partial charge in [-0.3, -0.25) is 0 Å². The van der Waals surface area contributed by atoms with Crippen molar-refractivity contribution in [2.75, 3.05) is 6.61 Å². The van der Waals surface area contributed by atoms with Crippen LogP contribution in [-0.2, 0) is 9.53 Å². The van der Waals surface area contributed by atoms with Crippen molar-refractivity contribution in [1.82, 2.24) is 0 Å². The molecule has 1 N–H and O–H groups in total. The molecule has 0 unspecified atom stereocenters. The third kappa shape index (κ3) is 3.46. The van der Waals surface area contributed by atoms with Gasteiger partial charge in [0.05, 0.1) is 6.61 Å². The molecule has 15 heavy (non-hydrogen) atoms. The zero-order valence-electron chi connectivity index (χ0n) is 8.86. The van der Waals surface area contributed by atoms with E-state index in [1.807, 2.05) is 31.2 Å². The van der Waals surface area contributed by atoms with Crippen molar-refractivity contribution in [3.05, 3.63) is 41.2 Å². The summed E-state index contributed by atoms with van der Waals surface area (Å²) in [5.41, 5.74) is 1.96. The quantitative estimate of drug-likeness (QED) is 0.608. The summed E-state index contributed by atoms with van der Waals surface area (Å²) in [6.07, 6.45) is 1.52. The molecule has 0 bridgehead atoms. The molecule has 0 aliphatic rings. The molecule has 0 amide bonds. The molecule has 0 heterocycles. The minimum atomic E-state index is -1.04. The van der Waals surface area contributed by atoms with E-state index in [0.717, 1.165) is 11.1 Å². The van der Waals surface area contributed by atoms with Gasteiger partial charge in [-0.05, 0) is 25.5 Å². The van der Waals surface area contributed by atoms with Crippen LogP contribution >= 0.6 is 0 Å². The van der Waals surface area contributed by atoms with Crippen molar-refractivity contribution >= 4 is 12.0 Å². The number of hydrogen-bond acceptors (Lipinski definition) is 2. The van der Waals surface area contributed by atoms with Crippen LogP contribution in [0.5, 0.6) is 0 Å². The van der Waals surface area contributed by atoms with Gasteiger partial charge in [0, 0.05) is 0 Å². The average Bonchev–Trinajstić information content (AvgIpc) is 2.20. The van der Waals surface area contributed by atoms with E-state index in [4.69, 9.17) is 9.84 Å². The lowest BCUT2D eigenvalue weighted by Gasteiger charge is -2.03. The minimum absolute atomic E-state index is 0.0265. The molecule has 1 aromatic carbocycles. The summed E-state index contributed by atoms with van der Waals surface area (Å²) in [6, 6.07) is 7.57. The number of carboxylic acids is 1. The molecule has 1 aromatic rings. The Balaban J connectivity index is 2.91. The lowest BCUT2D eigenvalue weighted by atomic mass is 10.1. The van der Waals surface area contributed by atoms with Crippen LogP contribution in [0.3, 0.4) is 0 Å². The summed E-state index contributed by atoms with van der Waals surface area (Å²) >= 11 is 0. The molecule has 0 spiro atoms. The zero-order valence-corrected chi connectivity index (χ0v) is 8.86. The van der Waals surface area contributed by atoms with Gasteiger partial charge in [-0.15, -0.1) is 0 Å². The van der Waals surface area contributed by atoms with Crippen LogP contribution in [0.2, 0.25) is 0 Å². The fourth-order valence-electron chi connectivity index (χ4n) is 1.13. The van der Waals surface area contributed by atoms with E-state index < -0.39 is 5.97 Å². The summed E-state index contributed by atoms with van der Waals surface area (Å²) in [6.45, 7) is 4.09. The number of hydrogen-bond donors (Lipinski definition) is 1. The molecule has 80 valence electrons. The van der Waals surface area contributed by atoms with E-state index in [1.165, 1.54) is 6.08 Å². The molecule has 0 saturated heterocycles. The molecule has 0 aliphatic carbocycles. The Labute approximate surface area is 89.0 Å². The van der Waals surface area contributed by atoms with E-state index in [0.29, 0.717) is 6.61 Å². The van der Waals surface area contributed by atoms with E-state index in [-0.39, 0.29) is 5.76 Å². The van der Waals surface area contributed by atoms with Crippen LogP contribution in [0.1, 0.15) is 18.1 Å². The predicted octanol–water partition coefficient (Wildman–Crippen LogP) is 2.46. The van der Waals surface area contributed by atoms with Crippen LogP contribution in [0.25, 0.3) is 6.08 Å². The first-order chi connectivity index (χ1) is 7.13. The molecule has 3 heteroatoms. The topological polar surface area (TPSA) is 46.5 Å². The Morgan fingerprint density at radius 2 is 2.00 bits per heavy atom. The van der Waals surface area contributed by atoms with Gasteiger partial charge in [-0.1, -0.05) is 29.8 Å². The first-order valence-electron chi connectivity index (χ1n) is 4.78. The van der Waals surface area contributed by atoms with Gasteiger partial charge in [0.2, 0.25) is 5.76 Å². The maximum atomic E-state index is 10.8. The predicted molar refractivity (Wildman–Crippen MR) is 58.4 cm³/mol. The number of benzene rings is 1. The molecular formula is C12H14O3. The van der Waals surface area contributed by atoms with E-state index >= 15 is 0 Å². The van der Waals surface area contributed by atoms with Gasteiger partial charge in [0.15, 0.2) is 0 Å². The van der Waals surface area contributed by atoms with Crippen LogP contribution in [0.15, 0.2) is 30.0 Å². The number of rotatable bonds is 4. The van der Waals surface area contributed by atoms with Gasteiger partial charge in [-0.2, -0.15) is 0 Å². The fraction of sp³-hybridized carbons (Fsp3) is 0.250. The van der Waals surface area contributed by atoms with E-state index in [2.05, 4.69) is 0 Å². The first kappa shape index (κ1) is 11.3. The van der Waals surface area contributed by atoms with E-state index in [9.17, 15) is 4.79 Å². The van der Waals surface area contributed by atoms with Crippen molar-refractivity contribution in [3.8, 4) is 0 Å². The van der Waals surface area contributed by atoms with Gasteiger partial charge in [0.25, 0.3) is 0 Å². The minimum Gasteiger partial charge on any atom is -0.487 e. The molecule has 0 atom stereocenters. The molecule has 1 rings (SSSR count). The van der Waals surface area contributed by atoms with Gasteiger partial charge in [0.1, 0.15) is 0 Å². The van der Waals surface area contributed by atoms with Gasteiger partial charge < -0.3 is 9.84 Å². The summed E-state index contributed by atoms with van der Waals surface area (Å²) in [5.74, 6) is -1.07. The molecular weight excluding hydrogens is 192 g/mol. The summed E-state index contributed by atoms with van der Waals surface area (Å²) < 4.78 is 5.00. The summed E-state index contributed by atoms with van der Waals surface area (Å²) in [4.78, 5) is 10.8. The Morgan fingerprint density at radius 1 is 1.40 bits per heavy atom. The summed E-state index contributed by atoms with van der Waals surface area (Å²) in [5, 5.41) is 8.83. The Bertz CT molecular complexity index is 363. The molecule has 0 radical (unpaired) electrons. The maximum absolute atomic E-state index is 10.8. The van der Waals surface area contributed by atoms with Crippen molar-refractivity contribution in [1.29, 1.82) is 0 Å². The second kappa shape index (κ2) is 5.20. The Kier molecular flexibility index (Phi) is 3.92. The first-order valence-corrected chi connectivity index (χ1v) is 4.78. The molecule has 3 nitrogen and oxygen atoms in total. The zero-order chi connectivity index (χ0) is 11.3. The maximum Gasteiger partial charge on any atom is 0.371 e. The average molecular weight is 206 g/mol. The van der Waals surface area contributed by atoms with Crippen LogP contribution in [0.4, 0.5) is 0 Å². The lowest BCUT2D eigenvalue weighted by Crippen LogP contribution is -2.04. The summed E-state index contributed by atoms with van der Waals surface area (Å²) in [7, 11) is 0. The Hall–Kier alpha value is -1.77. The standard InChI is InChI=1S/C12H14O3/c1-3-15-11(12(13)14)8-10-6-4-9(2)5-7-10/h4-8H,3H2,1-2H3,(H,13,14). The number of carboxylic acid groups (broad SMARTS) is 1. The molecule has 0 saturated carbocycles. The highest BCUT2D eigenvalue weighted by Gasteiger charge is 2.07. The fourth-order valence-corrected chi connectivity index (χ4v) is 1.13. The lowest BCUT2D eigenvalue weighted by molar-refractivity contribution is -0.136.